The number of carbonyl (C=O) groups is 1. The molecule has 9 heteroatoms. The van der Waals surface area contributed by atoms with E-state index < -0.39 is 38.8 Å². The zero-order valence-electron chi connectivity index (χ0n) is 18.5. The van der Waals surface area contributed by atoms with Crippen molar-refractivity contribution in [2.45, 2.75) is 30.8 Å². The number of rotatable bonds is 4. The van der Waals surface area contributed by atoms with Gasteiger partial charge in [-0.1, -0.05) is 30.3 Å². The molecule has 34 heavy (non-hydrogen) atoms. The van der Waals surface area contributed by atoms with E-state index in [1.165, 1.54) is 12.1 Å². The summed E-state index contributed by atoms with van der Waals surface area (Å²) in [5.74, 6) is -0.430. The number of benzene rings is 3. The van der Waals surface area contributed by atoms with E-state index in [-0.39, 0.29) is 6.42 Å². The van der Waals surface area contributed by atoms with Gasteiger partial charge in [0.2, 0.25) is 0 Å². The fraction of sp³-hybridized carbons (Fsp3) is 0.240. The number of anilines is 1. The normalized spacial score (nSPS) is 17.9. The van der Waals surface area contributed by atoms with Crippen LogP contribution in [0.1, 0.15) is 38.7 Å². The molecule has 0 aliphatic heterocycles. The lowest BCUT2D eigenvalue weighted by atomic mass is 9.93. The van der Waals surface area contributed by atoms with Crippen molar-refractivity contribution in [1.29, 1.82) is 0 Å². The summed E-state index contributed by atoms with van der Waals surface area (Å²) < 4.78 is 62.9. The predicted octanol–water partition coefficient (Wildman–Crippen LogP) is 4.90. The Morgan fingerprint density at radius 3 is 2.35 bits per heavy atom. The van der Waals surface area contributed by atoms with E-state index in [0.29, 0.717) is 22.4 Å². The average molecular weight is 489 g/mol. The monoisotopic (exact) mass is 488 g/mol. The molecule has 0 bridgehead atoms. The Labute approximate surface area is 195 Å². The molecule has 3 N–H and O–H groups in total. The molecule has 2 atom stereocenters. The first kappa shape index (κ1) is 24.0. The molecule has 0 radical (unpaired) electrons. The van der Waals surface area contributed by atoms with Gasteiger partial charge in [-0.3, -0.25) is 4.79 Å². The number of halogens is 3. The molecular weight excluding hydrogens is 465 g/mol. The first-order chi connectivity index (χ1) is 15.9. The third kappa shape index (κ3) is 4.58. The van der Waals surface area contributed by atoms with Crippen molar-refractivity contribution < 1.29 is 26.4 Å². The van der Waals surface area contributed by atoms with Gasteiger partial charge in [0.15, 0.2) is 9.84 Å². The zero-order chi connectivity index (χ0) is 24.8. The van der Waals surface area contributed by atoms with Crippen LogP contribution in [0.4, 0.5) is 18.9 Å². The molecule has 1 aliphatic rings. The molecular formula is C25H23F3N2O3S. The van der Waals surface area contributed by atoms with Gasteiger partial charge in [-0.15, -0.1) is 0 Å². The number of nitrogens with two attached hydrogens (primary N) is 1. The molecule has 178 valence electrons. The molecule has 0 saturated heterocycles. The van der Waals surface area contributed by atoms with Gasteiger partial charge in [-0.25, -0.2) is 8.42 Å². The number of carbonyl (C=O) groups excluding carboxylic acids is 1. The van der Waals surface area contributed by atoms with Crippen LogP contribution in [0, 0.1) is 6.92 Å². The lowest BCUT2D eigenvalue weighted by molar-refractivity contribution is -0.137. The van der Waals surface area contributed by atoms with Crippen LogP contribution >= 0.6 is 0 Å². The average Bonchev–Trinajstić information content (AvgIpc) is 3.09. The van der Waals surface area contributed by atoms with Gasteiger partial charge >= 0.3 is 6.18 Å². The number of hydrogen-bond acceptors (Lipinski definition) is 4. The summed E-state index contributed by atoms with van der Waals surface area (Å²) >= 11 is 0. The van der Waals surface area contributed by atoms with Gasteiger partial charge in [0, 0.05) is 23.5 Å². The number of alkyl halides is 3. The van der Waals surface area contributed by atoms with Crippen molar-refractivity contribution in [2.24, 2.45) is 5.73 Å². The molecule has 1 amide bonds. The van der Waals surface area contributed by atoms with E-state index in [2.05, 4.69) is 5.32 Å². The Balaban J connectivity index is 1.63. The van der Waals surface area contributed by atoms with Crippen molar-refractivity contribution >= 4 is 21.4 Å². The number of nitrogens with one attached hydrogen (secondary N) is 1. The molecule has 0 spiro atoms. The van der Waals surface area contributed by atoms with Crippen molar-refractivity contribution in [2.75, 3.05) is 11.6 Å². The minimum Gasteiger partial charge on any atom is -0.323 e. The van der Waals surface area contributed by atoms with Gasteiger partial charge in [0.05, 0.1) is 10.8 Å². The summed E-state index contributed by atoms with van der Waals surface area (Å²) in [6.07, 6.45) is -3.02. The maximum atomic E-state index is 13.2. The summed E-state index contributed by atoms with van der Waals surface area (Å²) in [6.45, 7) is 1.78. The van der Waals surface area contributed by atoms with Crippen molar-refractivity contribution in [1.82, 2.24) is 0 Å². The molecule has 1 unspecified atom stereocenters. The number of hydrogen-bond donors (Lipinski definition) is 2. The third-order valence-electron chi connectivity index (χ3n) is 6.15. The second-order valence-corrected chi connectivity index (χ2v) is 10.8. The van der Waals surface area contributed by atoms with Crippen LogP contribution in [-0.4, -0.2) is 25.8 Å². The maximum Gasteiger partial charge on any atom is 0.416 e. The van der Waals surface area contributed by atoms with Gasteiger partial charge in [0.25, 0.3) is 5.91 Å². The van der Waals surface area contributed by atoms with Gasteiger partial charge in [0.1, 0.15) is 0 Å². The van der Waals surface area contributed by atoms with Crippen LogP contribution in [-0.2, 0) is 22.4 Å². The molecule has 0 saturated carbocycles. The number of fused-ring (bicyclic) bond motifs is 1. The smallest absolute Gasteiger partial charge is 0.323 e. The Hall–Kier alpha value is -3.17. The topological polar surface area (TPSA) is 89.3 Å². The number of aryl methyl sites for hydroxylation is 1. The van der Waals surface area contributed by atoms with E-state index in [1.807, 2.05) is 0 Å². The van der Waals surface area contributed by atoms with Crippen LogP contribution in [0.3, 0.4) is 0 Å². The fourth-order valence-corrected chi connectivity index (χ4v) is 5.57. The van der Waals surface area contributed by atoms with Crippen LogP contribution in [0.15, 0.2) is 60.7 Å². The van der Waals surface area contributed by atoms with Gasteiger partial charge in [-0.2, -0.15) is 13.2 Å². The second-order valence-electron chi connectivity index (χ2n) is 8.54. The Morgan fingerprint density at radius 2 is 1.74 bits per heavy atom. The Bertz CT molecular complexity index is 1370. The van der Waals surface area contributed by atoms with E-state index in [0.717, 1.165) is 35.1 Å². The van der Waals surface area contributed by atoms with Crippen LogP contribution in [0.2, 0.25) is 0 Å². The summed E-state index contributed by atoms with van der Waals surface area (Å²) in [6, 6.07) is 14.2. The van der Waals surface area contributed by atoms with E-state index in [1.54, 1.807) is 43.3 Å². The highest BCUT2D eigenvalue weighted by molar-refractivity contribution is 7.91. The lowest BCUT2D eigenvalue weighted by Gasteiger charge is -2.15. The standard InChI is InChI=1S/C25H23F3N2O3S/c1-14-4-3-5-20(22(14)15-6-8-17(9-7-15)25(26,27)28)24(31)30-18-10-11-19-16(12-18)13-21(23(19)29)34(2,32)33/h3-12,21,23H,13,29H2,1-2H3,(H,30,31)/t21?,23-/m0/s1. The minimum atomic E-state index is -4.45. The molecule has 3 aromatic carbocycles. The summed E-state index contributed by atoms with van der Waals surface area (Å²) in [5.41, 5.74) is 9.40. The maximum absolute atomic E-state index is 13.2. The minimum absolute atomic E-state index is 0.264. The van der Waals surface area contributed by atoms with Crippen LogP contribution in [0.5, 0.6) is 0 Å². The largest absolute Gasteiger partial charge is 0.416 e. The fourth-order valence-electron chi connectivity index (χ4n) is 4.41. The highest BCUT2D eigenvalue weighted by atomic mass is 32.2. The summed E-state index contributed by atoms with van der Waals surface area (Å²) in [7, 11) is -3.33. The first-order valence-corrected chi connectivity index (χ1v) is 12.5. The summed E-state index contributed by atoms with van der Waals surface area (Å²) in [4.78, 5) is 13.2. The second kappa shape index (κ2) is 8.56. The van der Waals surface area contributed by atoms with Crippen LogP contribution < -0.4 is 11.1 Å². The molecule has 5 nitrogen and oxygen atoms in total. The van der Waals surface area contributed by atoms with E-state index >= 15 is 0 Å². The molecule has 0 heterocycles. The predicted molar refractivity (Wildman–Crippen MR) is 125 cm³/mol. The Kier molecular flexibility index (Phi) is 6.03. The zero-order valence-corrected chi connectivity index (χ0v) is 19.3. The lowest BCUT2D eigenvalue weighted by Crippen LogP contribution is -2.29. The van der Waals surface area contributed by atoms with E-state index in [4.69, 9.17) is 5.73 Å². The molecule has 0 fully saturated rings. The summed E-state index contributed by atoms with van der Waals surface area (Å²) in [5, 5.41) is 2.11. The van der Waals surface area contributed by atoms with E-state index in [9.17, 15) is 26.4 Å². The SMILES string of the molecule is Cc1cccc(C(=O)Nc2ccc3c(c2)CC(S(C)(=O)=O)[C@H]3N)c1-c1ccc(C(F)(F)F)cc1. The van der Waals surface area contributed by atoms with Gasteiger partial charge < -0.3 is 11.1 Å². The quantitative estimate of drug-likeness (QED) is 0.547. The van der Waals surface area contributed by atoms with Crippen molar-refractivity contribution in [3.63, 3.8) is 0 Å². The first-order valence-electron chi connectivity index (χ1n) is 10.5. The number of amides is 1. The highest BCUT2D eigenvalue weighted by Crippen LogP contribution is 2.36. The molecule has 1 aliphatic carbocycles. The highest BCUT2D eigenvalue weighted by Gasteiger charge is 2.36. The molecule has 4 rings (SSSR count). The molecule has 0 aromatic heterocycles. The van der Waals surface area contributed by atoms with Crippen molar-refractivity contribution in [3.8, 4) is 11.1 Å². The third-order valence-corrected chi connectivity index (χ3v) is 7.71. The number of sulfone groups is 1. The van der Waals surface area contributed by atoms with Gasteiger partial charge in [-0.05, 0) is 71.5 Å². The molecule has 3 aromatic rings. The van der Waals surface area contributed by atoms with Crippen LogP contribution in [0.25, 0.3) is 11.1 Å². The van der Waals surface area contributed by atoms with Crippen molar-refractivity contribution in [3.05, 3.63) is 88.5 Å². The Morgan fingerprint density at radius 1 is 1.06 bits per heavy atom.